The van der Waals surface area contributed by atoms with E-state index in [1.165, 1.54) is 45.4 Å². The molecule has 0 saturated carbocycles. The lowest BCUT2D eigenvalue weighted by atomic mass is 10.1. The van der Waals surface area contributed by atoms with Gasteiger partial charge in [-0.3, -0.25) is 4.90 Å². The van der Waals surface area contributed by atoms with E-state index in [-0.39, 0.29) is 0 Å². The summed E-state index contributed by atoms with van der Waals surface area (Å²) in [6, 6.07) is 1.44. The first-order valence-electron chi connectivity index (χ1n) is 7.33. The van der Waals surface area contributed by atoms with Gasteiger partial charge in [0, 0.05) is 44.8 Å². The third kappa shape index (κ3) is 5.36. The molecule has 0 bridgehead atoms. The Labute approximate surface area is 108 Å². The van der Waals surface area contributed by atoms with E-state index in [9.17, 15) is 0 Å². The van der Waals surface area contributed by atoms with Crippen molar-refractivity contribution >= 4 is 0 Å². The molecule has 102 valence electrons. The zero-order chi connectivity index (χ0) is 12.7. The molecule has 0 amide bonds. The highest BCUT2D eigenvalue weighted by Crippen LogP contribution is 2.09. The molecule has 1 aliphatic heterocycles. The standard InChI is InChI=1S/C14H31N3/c1-5-7-13(3)15-8-9-17-11-10-16(4)14(6-2)12-17/h13-15H,5-12H2,1-4H3. The quantitative estimate of drug-likeness (QED) is 0.733. The molecule has 0 spiro atoms. The Kier molecular flexibility index (Phi) is 7.09. The molecule has 0 aromatic carbocycles. The Bertz CT molecular complexity index is 196. The highest BCUT2D eigenvalue weighted by molar-refractivity contribution is 4.79. The molecule has 2 atom stereocenters. The molecule has 0 aliphatic carbocycles. The van der Waals surface area contributed by atoms with Crippen molar-refractivity contribution < 1.29 is 0 Å². The zero-order valence-corrected chi connectivity index (χ0v) is 12.2. The number of piperazine rings is 1. The molecule has 1 rings (SSSR count). The van der Waals surface area contributed by atoms with Gasteiger partial charge in [-0.15, -0.1) is 0 Å². The van der Waals surface area contributed by atoms with Crippen LogP contribution in [-0.2, 0) is 0 Å². The lowest BCUT2D eigenvalue weighted by molar-refractivity contribution is 0.0934. The van der Waals surface area contributed by atoms with Crippen LogP contribution >= 0.6 is 0 Å². The van der Waals surface area contributed by atoms with Crippen molar-refractivity contribution in [2.24, 2.45) is 0 Å². The van der Waals surface area contributed by atoms with Crippen LogP contribution in [0, 0.1) is 0 Å². The summed E-state index contributed by atoms with van der Waals surface area (Å²) in [6.07, 6.45) is 3.84. The second-order valence-corrected chi connectivity index (χ2v) is 5.49. The predicted molar refractivity (Wildman–Crippen MR) is 75.5 cm³/mol. The number of hydrogen-bond acceptors (Lipinski definition) is 3. The Morgan fingerprint density at radius 3 is 2.71 bits per heavy atom. The molecule has 17 heavy (non-hydrogen) atoms. The Hall–Kier alpha value is -0.120. The third-order valence-corrected chi connectivity index (χ3v) is 3.97. The number of rotatable bonds is 7. The maximum atomic E-state index is 3.62. The van der Waals surface area contributed by atoms with Crippen molar-refractivity contribution in [2.45, 2.75) is 52.1 Å². The van der Waals surface area contributed by atoms with Crippen LogP contribution in [0.15, 0.2) is 0 Å². The van der Waals surface area contributed by atoms with Crippen molar-refractivity contribution in [1.29, 1.82) is 0 Å². The molecular weight excluding hydrogens is 210 g/mol. The van der Waals surface area contributed by atoms with Crippen LogP contribution in [0.4, 0.5) is 0 Å². The second-order valence-electron chi connectivity index (χ2n) is 5.49. The van der Waals surface area contributed by atoms with Gasteiger partial charge in [-0.05, 0) is 26.8 Å². The van der Waals surface area contributed by atoms with Gasteiger partial charge in [0.2, 0.25) is 0 Å². The van der Waals surface area contributed by atoms with Gasteiger partial charge in [0.1, 0.15) is 0 Å². The molecule has 0 aromatic heterocycles. The molecule has 0 radical (unpaired) electrons. The van der Waals surface area contributed by atoms with Crippen molar-refractivity contribution in [3.63, 3.8) is 0 Å². The number of nitrogens with one attached hydrogen (secondary N) is 1. The summed E-state index contributed by atoms with van der Waals surface area (Å²) in [5.41, 5.74) is 0. The molecule has 3 nitrogen and oxygen atoms in total. The van der Waals surface area contributed by atoms with Crippen LogP contribution in [0.25, 0.3) is 0 Å². The van der Waals surface area contributed by atoms with Crippen molar-refractivity contribution in [2.75, 3.05) is 39.8 Å². The zero-order valence-electron chi connectivity index (χ0n) is 12.2. The summed E-state index contributed by atoms with van der Waals surface area (Å²) in [5.74, 6) is 0. The van der Waals surface area contributed by atoms with E-state index in [2.05, 4.69) is 42.9 Å². The summed E-state index contributed by atoms with van der Waals surface area (Å²) in [4.78, 5) is 5.11. The van der Waals surface area contributed by atoms with Gasteiger partial charge in [0.25, 0.3) is 0 Å². The first kappa shape index (κ1) is 14.9. The van der Waals surface area contributed by atoms with Crippen LogP contribution < -0.4 is 5.32 Å². The van der Waals surface area contributed by atoms with Gasteiger partial charge in [-0.2, -0.15) is 0 Å². The lowest BCUT2D eigenvalue weighted by Gasteiger charge is -2.39. The average molecular weight is 241 g/mol. The number of hydrogen-bond donors (Lipinski definition) is 1. The van der Waals surface area contributed by atoms with Gasteiger partial charge >= 0.3 is 0 Å². The van der Waals surface area contributed by atoms with E-state index in [1.54, 1.807) is 0 Å². The predicted octanol–water partition coefficient (Wildman–Crippen LogP) is 1.79. The first-order chi connectivity index (χ1) is 8.17. The minimum absolute atomic E-state index is 0.675. The van der Waals surface area contributed by atoms with E-state index in [0.717, 1.165) is 12.6 Å². The van der Waals surface area contributed by atoms with Gasteiger partial charge in [0.05, 0.1) is 0 Å². The number of likely N-dealkylation sites (N-methyl/N-ethyl adjacent to an activating group) is 1. The molecule has 1 fully saturated rings. The maximum Gasteiger partial charge on any atom is 0.0218 e. The highest BCUT2D eigenvalue weighted by Gasteiger charge is 2.22. The van der Waals surface area contributed by atoms with Crippen LogP contribution in [0.1, 0.15) is 40.0 Å². The maximum absolute atomic E-state index is 3.62. The smallest absolute Gasteiger partial charge is 0.0218 e. The largest absolute Gasteiger partial charge is 0.313 e. The Morgan fingerprint density at radius 2 is 2.06 bits per heavy atom. The summed E-state index contributed by atoms with van der Waals surface area (Å²) in [7, 11) is 2.26. The first-order valence-corrected chi connectivity index (χ1v) is 7.33. The van der Waals surface area contributed by atoms with Crippen molar-refractivity contribution in [3.8, 4) is 0 Å². The van der Waals surface area contributed by atoms with Crippen molar-refractivity contribution in [1.82, 2.24) is 15.1 Å². The molecule has 0 aromatic rings. The fourth-order valence-electron chi connectivity index (χ4n) is 2.66. The second kappa shape index (κ2) is 8.06. The van der Waals surface area contributed by atoms with Gasteiger partial charge in [-0.1, -0.05) is 20.3 Å². The van der Waals surface area contributed by atoms with E-state index < -0.39 is 0 Å². The van der Waals surface area contributed by atoms with Gasteiger partial charge < -0.3 is 10.2 Å². The number of nitrogens with zero attached hydrogens (tertiary/aromatic N) is 2. The summed E-state index contributed by atoms with van der Waals surface area (Å²) in [5, 5.41) is 3.62. The van der Waals surface area contributed by atoms with E-state index in [1.807, 2.05) is 0 Å². The minimum Gasteiger partial charge on any atom is -0.313 e. The molecule has 1 aliphatic rings. The van der Waals surface area contributed by atoms with E-state index in [4.69, 9.17) is 0 Å². The molecule has 1 saturated heterocycles. The molecule has 1 heterocycles. The van der Waals surface area contributed by atoms with E-state index in [0.29, 0.717) is 6.04 Å². The monoisotopic (exact) mass is 241 g/mol. The average Bonchev–Trinajstić information content (AvgIpc) is 2.31. The minimum atomic E-state index is 0.675. The Balaban J connectivity index is 2.15. The fraction of sp³-hybridized carbons (Fsp3) is 1.00. The molecule has 1 N–H and O–H groups in total. The third-order valence-electron chi connectivity index (χ3n) is 3.97. The van der Waals surface area contributed by atoms with Gasteiger partial charge in [-0.25, -0.2) is 0 Å². The van der Waals surface area contributed by atoms with Crippen LogP contribution in [0.3, 0.4) is 0 Å². The molecule has 3 heteroatoms. The fourth-order valence-corrected chi connectivity index (χ4v) is 2.66. The highest BCUT2D eigenvalue weighted by atomic mass is 15.3. The topological polar surface area (TPSA) is 18.5 Å². The van der Waals surface area contributed by atoms with Gasteiger partial charge in [0.15, 0.2) is 0 Å². The molecular formula is C14H31N3. The van der Waals surface area contributed by atoms with Crippen molar-refractivity contribution in [3.05, 3.63) is 0 Å². The van der Waals surface area contributed by atoms with E-state index >= 15 is 0 Å². The lowest BCUT2D eigenvalue weighted by Crippen LogP contribution is -2.52. The summed E-state index contributed by atoms with van der Waals surface area (Å²) >= 11 is 0. The SMILES string of the molecule is CCCC(C)NCCN1CCN(C)C(CC)C1. The summed E-state index contributed by atoms with van der Waals surface area (Å²) in [6.45, 7) is 12.9. The van der Waals surface area contributed by atoms with Crippen LogP contribution in [0.5, 0.6) is 0 Å². The molecule has 2 unspecified atom stereocenters. The van der Waals surface area contributed by atoms with Crippen LogP contribution in [-0.4, -0.2) is 61.7 Å². The normalized spacial score (nSPS) is 25.1. The summed E-state index contributed by atoms with van der Waals surface area (Å²) < 4.78 is 0. The Morgan fingerprint density at radius 1 is 1.29 bits per heavy atom. The van der Waals surface area contributed by atoms with Crippen LogP contribution in [0.2, 0.25) is 0 Å².